The Bertz CT molecular complexity index is 557. The number of ether oxygens (including phenoxy) is 1. The third kappa shape index (κ3) is 2.86. The maximum absolute atomic E-state index is 8.91. The molecular formula is C13H13N3O2. The lowest BCUT2D eigenvalue weighted by atomic mass is 10.2. The van der Waals surface area contributed by atoms with Gasteiger partial charge in [-0.1, -0.05) is 24.2 Å². The van der Waals surface area contributed by atoms with Crippen LogP contribution < -0.4 is 4.74 Å². The van der Waals surface area contributed by atoms with Gasteiger partial charge in [0.2, 0.25) is 0 Å². The molecule has 1 heterocycles. The van der Waals surface area contributed by atoms with E-state index in [1.165, 1.54) is 0 Å². The van der Waals surface area contributed by atoms with Crippen LogP contribution in [0.15, 0.2) is 28.8 Å². The van der Waals surface area contributed by atoms with E-state index in [2.05, 4.69) is 23.1 Å². The molecule has 0 saturated carbocycles. The molecule has 0 fully saturated rings. The maximum Gasteiger partial charge on any atom is 0.264 e. The van der Waals surface area contributed by atoms with Gasteiger partial charge in [0.15, 0.2) is 12.4 Å². The fourth-order valence-corrected chi connectivity index (χ4v) is 1.50. The predicted molar refractivity (Wildman–Crippen MR) is 63.8 cm³/mol. The van der Waals surface area contributed by atoms with Crippen LogP contribution in [0.5, 0.6) is 5.75 Å². The number of benzene rings is 1. The van der Waals surface area contributed by atoms with Gasteiger partial charge in [-0.05, 0) is 18.6 Å². The Morgan fingerprint density at radius 3 is 3.00 bits per heavy atom. The van der Waals surface area contributed by atoms with Gasteiger partial charge in [-0.2, -0.15) is 10.2 Å². The van der Waals surface area contributed by atoms with Crippen LogP contribution in [0.3, 0.4) is 0 Å². The summed E-state index contributed by atoms with van der Waals surface area (Å²) in [6.45, 7) is 2.23. The number of aromatic nitrogens is 2. The molecular weight excluding hydrogens is 230 g/mol. The fourth-order valence-electron chi connectivity index (χ4n) is 1.50. The van der Waals surface area contributed by atoms with Gasteiger partial charge in [-0.3, -0.25) is 0 Å². The molecule has 0 spiro atoms. The van der Waals surface area contributed by atoms with E-state index in [0.29, 0.717) is 23.0 Å². The largest absolute Gasteiger partial charge is 0.482 e. The Labute approximate surface area is 105 Å². The number of rotatable bonds is 5. The van der Waals surface area contributed by atoms with Crippen LogP contribution in [0.4, 0.5) is 0 Å². The monoisotopic (exact) mass is 243 g/mol. The third-order valence-electron chi connectivity index (χ3n) is 2.34. The average Bonchev–Trinajstić information content (AvgIpc) is 2.85. The molecule has 0 aliphatic carbocycles. The van der Waals surface area contributed by atoms with Gasteiger partial charge in [-0.25, -0.2) is 0 Å². The molecule has 18 heavy (non-hydrogen) atoms. The molecule has 0 radical (unpaired) electrons. The zero-order valence-corrected chi connectivity index (χ0v) is 10.1. The van der Waals surface area contributed by atoms with Crippen molar-refractivity contribution in [2.45, 2.75) is 26.4 Å². The average molecular weight is 243 g/mol. The molecule has 5 nitrogen and oxygen atoms in total. The van der Waals surface area contributed by atoms with Gasteiger partial charge in [0.05, 0.1) is 5.56 Å². The summed E-state index contributed by atoms with van der Waals surface area (Å²) in [4.78, 5) is 4.18. The van der Waals surface area contributed by atoms with E-state index >= 15 is 0 Å². The highest BCUT2D eigenvalue weighted by molar-refractivity contribution is 5.42. The van der Waals surface area contributed by atoms with Crippen LogP contribution in [0, 0.1) is 11.3 Å². The normalized spacial score (nSPS) is 10.0. The van der Waals surface area contributed by atoms with Crippen molar-refractivity contribution in [2.24, 2.45) is 0 Å². The zero-order chi connectivity index (χ0) is 12.8. The van der Waals surface area contributed by atoms with Crippen molar-refractivity contribution >= 4 is 0 Å². The topological polar surface area (TPSA) is 71.9 Å². The number of nitrogens with zero attached hydrogens (tertiary/aromatic N) is 3. The second-order valence-corrected chi connectivity index (χ2v) is 3.75. The van der Waals surface area contributed by atoms with E-state index in [0.717, 1.165) is 12.8 Å². The third-order valence-corrected chi connectivity index (χ3v) is 2.34. The van der Waals surface area contributed by atoms with E-state index in [9.17, 15) is 0 Å². The second-order valence-electron chi connectivity index (χ2n) is 3.75. The summed E-state index contributed by atoms with van der Waals surface area (Å²) in [6, 6.07) is 9.10. The summed E-state index contributed by atoms with van der Waals surface area (Å²) >= 11 is 0. The molecule has 92 valence electrons. The number of aryl methyl sites for hydroxylation is 1. The van der Waals surface area contributed by atoms with Crippen molar-refractivity contribution in [2.75, 3.05) is 0 Å². The molecule has 0 bridgehead atoms. The molecule has 2 rings (SSSR count). The molecule has 5 heteroatoms. The van der Waals surface area contributed by atoms with Crippen molar-refractivity contribution < 1.29 is 9.26 Å². The van der Waals surface area contributed by atoms with Gasteiger partial charge in [0.25, 0.3) is 5.89 Å². The summed E-state index contributed by atoms with van der Waals surface area (Å²) < 4.78 is 10.5. The molecule has 0 aliphatic rings. The first kappa shape index (κ1) is 12.1. The molecule has 1 aromatic heterocycles. The Morgan fingerprint density at radius 2 is 2.22 bits per heavy atom. The van der Waals surface area contributed by atoms with Crippen LogP contribution in [0.1, 0.15) is 30.6 Å². The predicted octanol–water partition coefficient (Wildman–Crippen LogP) is 2.47. The van der Waals surface area contributed by atoms with E-state index in [-0.39, 0.29) is 6.61 Å². The second kappa shape index (κ2) is 5.82. The van der Waals surface area contributed by atoms with Crippen molar-refractivity contribution in [1.29, 1.82) is 5.26 Å². The van der Waals surface area contributed by atoms with Gasteiger partial charge >= 0.3 is 0 Å². The summed E-state index contributed by atoms with van der Waals surface area (Å²) in [5.41, 5.74) is 0.491. The van der Waals surface area contributed by atoms with Crippen LogP contribution in [0.2, 0.25) is 0 Å². The number of para-hydroxylation sites is 1. The summed E-state index contributed by atoms with van der Waals surface area (Å²) in [5.74, 6) is 1.63. The first-order valence-electron chi connectivity index (χ1n) is 5.77. The molecule has 0 unspecified atom stereocenters. The Hall–Kier alpha value is -2.35. The van der Waals surface area contributed by atoms with Gasteiger partial charge < -0.3 is 9.26 Å². The van der Waals surface area contributed by atoms with Crippen molar-refractivity contribution in [3.05, 3.63) is 41.5 Å². The lowest BCUT2D eigenvalue weighted by Gasteiger charge is -2.03. The highest BCUT2D eigenvalue weighted by atomic mass is 16.5. The van der Waals surface area contributed by atoms with Gasteiger partial charge in [0.1, 0.15) is 11.8 Å². The summed E-state index contributed by atoms with van der Waals surface area (Å²) in [7, 11) is 0. The molecule has 0 aliphatic heterocycles. The Balaban J connectivity index is 2.00. The molecule has 0 saturated heterocycles. The highest BCUT2D eigenvalue weighted by Gasteiger charge is 2.08. The first-order valence-corrected chi connectivity index (χ1v) is 5.77. The van der Waals surface area contributed by atoms with E-state index in [1.54, 1.807) is 18.2 Å². The van der Waals surface area contributed by atoms with Crippen LogP contribution in [0.25, 0.3) is 0 Å². The van der Waals surface area contributed by atoms with Crippen LogP contribution in [-0.2, 0) is 13.0 Å². The molecule has 0 N–H and O–H groups in total. The van der Waals surface area contributed by atoms with Gasteiger partial charge in [0, 0.05) is 6.42 Å². The van der Waals surface area contributed by atoms with Crippen LogP contribution >= 0.6 is 0 Å². The maximum atomic E-state index is 8.91. The van der Waals surface area contributed by atoms with Crippen LogP contribution in [-0.4, -0.2) is 10.1 Å². The number of nitriles is 1. The highest BCUT2D eigenvalue weighted by Crippen LogP contribution is 2.17. The van der Waals surface area contributed by atoms with E-state index < -0.39 is 0 Å². The lowest BCUT2D eigenvalue weighted by Crippen LogP contribution is -1.97. The summed E-state index contributed by atoms with van der Waals surface area (Å²) in [5, 5.41) is 12.7. The molecule has 0 amide bonds. The van der Waals surface area contributed by atoms with E-state index in [4.69, 9.17) is 14.5 Å². The number of hydrogen-bond donors (Lipinski definition) is 0. The lowest BCUT2D eigenvalue weighted by molar-refractivity contribution is 0.242. The minimum atomic E-state index is 0.176. The van der Waals surface area contributed by atoms with E-state index in [1.807, 2.05) is 6.07 Å². The Kier molecular flexibility index (Phi) is 3.92. The Morgan fingerprint density at radius 1 is 1.39 bits per heavy atom. The van der Waals surface area contributed by atoms with Crippen molar-refractivity contribution in [3.63, 3.8) is 0 Å². The first-order chi connectivity index (χ1) is 8.83. The van der Waals surface area contributed by atoms with Crippen molar-refractivity contribution in [1.82, 2.24) is 10.1 Å². The minimum absolute atomic E-state index is 0.176. The quantitative estimate of drug-likeness (QED) is 0.806. The molecule has 1 aromatic carbocycles. The molecule has 2 aromatic rings. The summed E-state index contributed by atoms with van der Waals surface area (Å²) in [6.07, 6.45) is 1.76. The smallest absolute Gasteiger partial charge is 0.264 e. The minimum Gasteiger partial charge on any atom is -0.482 e. The molecule has 0 atom stereocenters. The standard InChI is InChI=1S/C13H13N3O2/c1-2-5-12-15-13(18-16-12)9-17-11-7-4-3-6-10(11)8-14/h3-4,6-7H,2,5,9H2,1H3. The fraction of sp³-hybridized carbons (Fsp3) is 0.308. The SMILES string of the molecule is CCCc1noc(COc2ccccc2C#N)n1. The van der Waals surface area contributed by atoms with Gasteiger partial charge in [-0.15, -0.1) is 0 Å². The number of hydrogen-bond acceptors (Lipinski definition) is 5. The van der Waals surface area contributed by atoms with Crippen molar-refractivity contribution in [3.8, 4) is 11.8 Å². The zero-order valence-electron chi connectivity index (χ0n) is 10.1.